The average molecular weight is 237 g/mol. The molecule has 0 aliphatic rings. The molecule has 1 heterocycles. The Balaban J connectivity index is 2.79. The highest BCUT2D eigenvalue weighted by atomic mass is 35.5. The van der Waals surface area contributed by atoms with Gasteiger partial charge in [-0.05, 0) is 6.92 Å². The Morgan fingerprint density at radius 2 is 2.29 bits per heavy atom. The van der Waals surface area contributed by atoms with Crippen molar-refractivity contribution in [3.05, 3.63) is 26.6 Å². The molecule has 0 amide bonds. The molecule has 0 aromatic carbocycles. The van der Waals surface area contributed by atoms with E-state index in [0.29, 0.717) is 19.8 Å². The van der Waals surface area contributed by atoms with Crippen LogP contribution >= 0.6 is 23.2 Å². The first kappa shape index (κ1) is 11.5. The van der Waals surface area contributed by atoms with E-state index in [1.165, 1.54) is 10.9 Å². The number of rotatable bonds is 4. The number of halogens is 2. The summed E-state index contributed by atoms with van der Waals surface area (Å²) in [5, 5.41) is 3.99. The number of ether oxygens (including phenoxy) is 1. The van der Waals surface area contributed by atoms with Crippen molar-refractivity contribution in [2.24, 2.45) is 0 Å². The molecule has 4 nitrogen and oxygen atoms in total. The van der Waals surface area contributed by atoms with Crippen LogP contribution in [0.3, 0.4) is 0 Å². The van der Waals surface area contributed by atoms with Gasteiger partial charge in [0, 0.05) is 6.61 Å². The summed E-state index contributed by atoms with van der Waals surface area (Å²) < 4.78 is 6.31. The van der Waals surface area contributed by atoms with Crippen molar-refractivity contribution in [2.75, 3.05) is 13.2 Å². The third-order valence-corrected chi connectivity index (χ3v) is 2.34. The van der Waals surface area contributed by atoms with Crippen LogP contribution in [0, 0.1) is 0 Å². The summed E-state index contributed by atoms with van der Waals surface area (Å²) in [6, 6.07) is 0. The van der Waals surface area contributed by atoms with Crippen LogP contribution in [0.25, 0.3) is 0 Å². The average Bonchev–Trinajstić information content (AvgIpc) is 2.18. The second kappa shape index (κ2) is 5.34. The highest BCUT2D eigenvalue weighted by Gasteiger charge is 2.06. The fourth-order valence-electron chi connectivity index (χ4n) is 0.900. The fourth-order valence-corrected chi connectivity index (χ4v) is 1.17. The van der Waals surface area contributed by atoms with Crippen molar-refractivity contribution in [1.82, 2.24) is 9.78 Å². The van der Waals surface area contributed by atoms with E-state index in [0.717, 1.165) is 0 Å². The van der Waals surface area contributed by atoms with Crippen LogP contribution in [0.1, 0.15) is 6.92 Å². The zero-order valence-electron chi connectivity index (χ0n) is 7.67. The highest BCUT2D eigenvalue weighted by molar-refractivity contribution is 6.41. The molecule has 0 saturated carbocycles. The Morgan fingerprint density at radius 1 is 1.57 bits per heavy atom. The molecule has 78 valence electrons. The normalized spacial score (nSPS) is 10.5. The van der Waals surface area contributed by atoms with Gasteiger partial charge >= 0.3 is 0 Å². The highest BCUT2D eigenvalue weighted by Crippen LogP contribution is 2.14. The number of hydrogen-bond donors (Lipinski definition) is 0. The third kappa shape index (κ3) is 2.70. The van der Waals surface area contributed by atoms with Crippen molar-refractivity contribution in [2.45, 2.75) is 13.5 Å². The van der Waals surface area contributed by atoms with Crippen LogP contribution in [0.4, 0.5) is 0 Å². The topological polar surface area (TPSA) is 44.1 Å². The largest absolute Gasteiger partial charge is 0.380 e. The van der Waals surface area contributed by atoms with Crippen molar-refractivity contribution >= 4 is 23.2 Å². The Morgan fingerprint density at radius 3 is 2.93 bits per heavy atom. The predicted molar refractivity (Wildman–Crippen MR) is 55.0 cm³/mol. The molecule has 1 rings (SSSR count). The van der Waals surface area contributed by atoms with Gasteiger partial charge in [-0.25, -0.2) is 4.68 Å². The van der Waals surface area contributed by atoms with Gasteiger partial charge in [0.2, 0.25) is 0 Å². The molecular weight excluding hydrogens is 227 g/mol. The summed E-state index contributed by atoms with van der Waals surface area (Å²) in [7, 11) is 0. The number of hydrogen-bond acceptors (Lipinski definition) is 3. The minimum atomic E-state index is -0.390. The van der Waals surface area contributed by atoms with Gasteiger partial charge in [0.05, 0.1) is 24.4 Å². The van der Waals surface area contributed by atoms with Gasteiger partial charge in [-0.15, -0.1) is 0 Å². The van der Waals surface area contributed by atoms with Crippen LogP contribution in [0.5, 0.6) is 0 Å². The minimum absolute atomic E-state index is 0.00170. The van der Waals surface area contributed by atoms with E-state index in [1.54, 1.807) is 0 Å². The maximum atomic E-state index is 11.4. The molecule has 0 unspecified atom stereocenters. The van der Waals surface area contributed by atoms with Gasteiger partial charge in [0.1, 0.15) is 5.02 Å². The summed E-state index contributed by atoms with van der Waals surface area (Å²) in [4.78, 5) is 11.4. The molecular formula is C8H10Cl2N2O2. The van der Waals surface area contributed by atoms with E-state index in [1.807, 2.05) is 6.92 Å². The zero-order valence-corrected chi connectivity index (χ0v) is 9.18. The molecule has 0 bridgehead atoms. The lowest BCUT2D eigenvalue weighted by Crippen LogP contribution is -2.25. The molecule has 1 aromatic rings. The molecule has 0 spiro atoms. The van der Waals surface area contributed by atoms with E-state index >= 15 is 0 Å². The van der Waals surface area contributed by atoms with Crippen LogP contribution < -0.4 is 5.56 Å². The molecule has 6 heteroatoms. The lowest BCUT2D eigenvalue weighted by molar-refractivity contribution is 0.135. The molecule has 0 N–H and O–H groups in total. The monoisotopic (exact) mass is 236 g/mol. The second-order valence-electron chi connectivity index (χ2n) is 2.53. The van der Waals surface area contributed by atoms with Crippen molar-refractivity contribution in [3.8, 4) is 0 Å². The van der Waals surface area contributed by atoms with Crippen molar-refractivity contribution in [1.29, 1.82) is 0 Å². The van der Waals surface area contributed by atoms with Crippen molar-refractivity contribution in [3.63, 3.8) is 0 Å². The van der Waals surface area contributed by atoms with Gasteiger partial charge < -0.3 is 4.74 Å². The predicted octanol–water partition coefficient (Wildman–Crippen LogP) is 1.59. The molecule has 0 atom stereocenters. The number of nitrogens with zero attached hydrogens (tertiary/aromatic N) is 2. The molecule has 0 aliphatic carbocycles. The summed E-state index contributed by atoms with van der Waals surface area (Å²) in [6.07, 6.45) is 1.34. The smallest absolute Gasteiger partial charge is 0.287 e. The molecule has 0 fully saturated rings. The van der Waals surface area contributed by atoms with Crippen molar-refractivity contribution < 1.29 is 4.74 Å². The van der Waals surface area contributed by atoms with E-state index in [4.69, 9.17) is 27.9 Å². The first-order valence-corrected chi connectivity index (χ1v) is 4.91. The van der Waals surface area contributed by atoms with Gasteiger partial charge in [-0.3, -0.25) is 4.79 Å². The molecule has 0 saturated heterocycles. The van der Waals surface area contributed by atoms with E-state index < -0.39 is 0 Å². The maximum absolute atomic E-state index is 11.4. The Hall–Kier alpha value is -0.580. The van der Waals surface area contributed by atoms with Gasteiger partial charge in [0.25, 0.3) is 5.56 Å². The first-order valence-electron chi connectivity index (χ1n) is 4.15. The summed E-state index contributed by atoms with van der Waals surface area (Å²) in [5.41, 5.74) is -0.390. The Labute approximate surface area is 91.4 Å². The van der Waals surface area contributed by atoms with Crippen LogP contribution in [0.15, 0.2) is 11.0 Å². The Kier molecular flexibility index (Phi) is 4.38. The SMILES string of the molecule is CCOCCn1ncc(Cl)c(Cl)c1=O. The van der Waals surface area contributed by atoms with Crippen LogP contribution in [-0.4, -0.2) is 23.0 Å². The van der Waals surface area contributed by atoms with Gasteiger partial charge in [-0.1, -0.05) is 23.2 Å². The molecule has 0 aliphatic heterocycles. The zero-order chi connectivity index (χ0) is 10.6. The fraction of sp³-hybridized carbons (Fsp3) is 0.500. The lowest BCUT2D eigenvalue weighted by Gasteiger charge is -2.04. The summed E-state index contributed by atoms with van der Waals surface area (Å²) >= 11 is 11.3. The third-order valence-electron chi connectivity index (χ3n) is 1.59. The maximum Gasteiger partial charge on any atom is 0.287 e. The molecule has 1 aromatic heterocycles. The lowest BCUT2D eigenvalue weighted by atomic mass is 10.5. The standard InChI is InChI=1S/C8H10Cl2N2O2/c1-2-14-4-3-12-8(13)7(10)6(9)5-11-12/h5H,2-4H2,1H3. The van der Waals surface area contributed by atoms with E-state index in [-0.39, 0.29) is 15.6 Å². The first-order chi connectivity index (χ1) is 6.66. The van der Waals surface area contributed by atoms with Gasteiger partial charge in [0.15, 0.2) is 0 Å². The Bertz CT molecular complexity index is 365. The van der Waals surface area contributed by atoms with E-state index in [9.17, 15) is 4.79 Å². The van der Waals surface area contributed by atoms with E-state index in [2.05, 4.69) is 5.10 Å². The molecule has 14 heavy (non-hydrogen) atoms. The molecule has 0 radical (unpaired) electrons. The quantitative estimate of drug-likeness (QED) is 0.747. The van der Waals surface area contributed by atoms with Crippen LogP contribution in [-0.2, 0) is 11.3 Å². The van der Waals surface area contributed by atoms with Gasteiger partial charge in [-0.2, -0.15) is 5.10 Å². The number of aromatic nitrogens is 2. The van der Waals surface area contributed by atoms with Crippen LogP contribution in [0.2, 0.25) is 10.0 Å². The second-order valence-corrected chi connectivity index (χ2v) is 3.32. The summed E-state index contributed by atoms with van der Waals surface area (Å²) in [5.74, 6) is 0. The summed E-state index contributed by atoms with van der Waals surface area (Å²) in [6.45, 7) is 3.30. The minimum Gasteiger partial charge on any atom is -0.380 e.